The van der Waals surface area contributed by atoms with Crippen molar-refractivity contribution in [1.29, 1.82) is 0 Å². The van der Waals surface area contributed by atoms with Crippen molar-refractivity contribution in [2.75, 3.05) is 25.5 Å². The molecule has 0 aliphatic carbocycles. The number of methoxy groups -OCH3 is 1. The van der Waals surface area contributed by atoms with Gasteiger partial charge < -0.3 is 20.7 Å². The molecule has 0 saturated carbocycles. The first-order valence-corrected chi connectivity index (χ1v) is 7.49. The number of carbonyl (C=O) groups is 1. The lowest BCUT2D eigenvalue weighted by Gasteiger charge is -2.16. The Morgan fingerprint density at radius 3 is 2.71 bits per heavy atom. The summed E-state index contributed by atoms with van der Waals surface area (Å²) in [5, 5.41) is 8.42. The topological polar surface area (TPSA) is 88.2 Å². The summed E-state index contributed by atoms with van der Waals surface area (Å²) < 4.78 is 18.6. The predicted octanol–water partition coefficient (Wildman–Crippen LogP) is 2.10. The Morgan fingerprint density at radius 1 is 1.29 bits per heavy atom. The summed E-state index contributed by atoms with van der Waals surface area (Å²) in [4.78, 5) is 19.9. The van der Waals surface area contributed by atoms with Crippen molar-refractivity contribution in [3.05, 3.63) is 48.0 Å². The molecule has 0 fully saturated rings. The van der Waals surface area contributed by atoms with Crippen LogP contribution in [-0.2, 0) is 0 Å². The Morgan fingerprint density at radius 2 is 2.04 bits per heavy atom. The van der Waals surface area contributed by atoms with E-state index >= 15 is 0 Å². The second-order valence-electron chi connectivity index (χ2n) is 5.02. The highest BCUT2D eigenvalue weighted by atomic mass is 19.1. The van der Waals surface area contributed by atoms with Crippen LogP contribution in [0.3, 0.4) is 0 Å². The van der Waals surface area contributed by atoms with E-state index in [1.165, 1.54) is 19.2 Å². The average molecular weight is 333 g/mol. The fourth-order valence-corrected chi connectivity index (χ4v) is 2.02. The number of carbonyl (C=O) groups excluding carboxylic acids is 1. The summed E-state index contributed by atoms with van der Waals surface area (Å²) >= 11 is 0. The lowest BCUT2D eigenvalue weighted by atomic mass is 10.1. The highest BCUT2D eigenvalue weighted by molar-refractivity contribution is 5.74. The molecule has 0 spiro atoms. The minimum Gasteiger partial charge on any atom is -0.494 e. The zero-order chi connectivity index (χ0) is 17.4. The molecule has 1 atom stereocenters. The molecule has 0 bridgehead atoms. The molecule has 1 aromatic heterocycles. The van der Waals surface area contributed by atoms with Crippen LogP contribution in [0.5, 0.6) is 5.75 Å². The number of hydrogen-bond acceptors (Lipinski definition) is 5. The van der Waals surface area contributed by atoms with Crippen LogP contribution < -0.4 is 20.7 Å². The maximum Gasteiger partial charge on any atom is 0.315 e. The van der Waals surface area contributed by atoms with Crippen molar-refractivity contribution in [3.8, 4) is 5.75 Å². The fraction of sp³-hybridized carbons (Fsp3) is 0.312. The van der Waals surface area contributed by atoms with Gasteiger partial charge in [0.1, 0.15) is 0 Å². The summed E-state index contributed by atoms with van der Waals surface area (Å²) in [5.74, 6) is 0.211. The highest BCUT2D eigenvalue weighted by Crippen LogP contribution is 2.21. The van der Waals surface area contributed by atoms with Crippen molar-refractivity contribution >= 4 is 12.0 Å². The van der Waals surface area contributed by atoms with Gasteiger partial charge in [0, 0.05) is 25.5 Å². The van der Waals surface area contributed by atoms with Crippen LogP contribution in [0, 0.1) is 5.82 Å². The smallest absolute Gasteiger partial charge is 0.315 e. The van der Waals surface area contributed by atoms with Gasteiger partial charge in [-0.15, -0.1) is 0 Å². The summed E-state index contributed by atoms with van der Waals surface area (Å²) in [6.07, 6.45) is 3.26. The number of anilines is 1. The van der Waals surface area contributed by atoms with Crippen molar-refractivity contribution < 1.29 is 13.9 Å². The number of hydrogen-bond donors (Lipinski definition) is 3. The number of benzene rings is 1. The number of urea groups is 1. The van der Waals surface area contributed by atoms with Crippen molar-refractivity contribution in [2.24, 2.45) is 0 Å². The van der Waals surface area contributed by atoms with E-state index in [2.05, 4.69) is 25.9 Å². The van der Waals surface area contributed by atoms with Crippen LogP contribution in [-0.4, -0.2) is 36.2 Å². The summed E-state index contributed by atoms with van der Waals surface area (Å²) in [5.41, 5.74) is 0.652. The average Bonchev–Trinajstić information content (AvgIpc) is 2.59. The minimum absolute atomic E-state index is 0.171. The molecule has 2 amide bonds. The number of amides is 2. The third-order valence-electron chi connectivity index (χ3n) is 3.28. The van der Waals surface area contributed by atoms with Gasteiger partial charge in [0.05, 0.1) is 13.2 Å². The minimum atomic E-state index is -0.462. The number of halogens is 1. The van der Waals surface area contributed by atoms with Crippen LogP contribution >= 0.6 is 0 Å². The van der Waals surface area contributed by atoms with Crippen LogP contribution in [0.25, 0.3) is 0 Å². The number of nitrogens with one attached hydrogen (secondary N) is 3. The van der Waals surface area contributed by atoms with Crippen LogP contribution in [0.15, 0.2) is 36.7 Å². The van der Waals surface area contributed by atoms with Gasteiger partial charge in [0.2, 0.25) is 5.95 Å². The Labute approximate surface area is 139 Å². The van der Waals surface area contributed by atoms with Crippen molar-refractivity contribution in [1.82, 2.24) is 20.6 Å². The molecule has 0 aliphatic heterocycles. The first-order valence-electron chi connectivity index (χ1n) is 7.49. The second kappa shape index (κ2) is 8.66. The molecule has 1 heterocycles. The van der Waals surface area contributed by atoms with E-state index in [0.29, 0.717) is 24.6 Å². The van der Waals surface area contributed by atoms with Crippen molar-refractivity contribution in [2.45, 2.75) is 13.0 Å². The fourth-order valence-electron chi connectivity index (χ4n) is 2.02. The van der Waals surface area contributed by atoms with Gasteiger partial charge in [-0.3, -0.25) is 0 Å². The first-order chi connectivity index (χ1) is 11.6. The van der Waals surface area contributed by atoms with Crippen molar-refractivity contribution in [3.63, 3.8) is 0 Å². The molecule has 0 radical (unpaired) electrons. The second-order valence-corrected chi connectivity index (χ2v) is 5.02. The van der Waals surface area contributed by atoms with Gasteiger partial charge in [-0.05, 0) is 30.7 Å². The molecule has 8 heteroatoms. The molecular formula is C16H20FN5O2. The van der Waals surface area contributed by atoms with Gasteiger partial charge >= 0.3 is 6.03 Å². The van der Waals surface area contributed by atoms with Crippen LogP contribution in [0.1, 0.15) is 18.5 Å². The third kappa shape index (κ3) is 5.08. The highest BCUT2D eigenvalue weighted by Gasteiger charge is 2.12. The predicted molar refractivity (Wildman–Crippen MR) is 88.4 cm³/mol. The summed E-state index contributed by atoms with van der Waals surface area (Å²) in [6.45, 7) is 2.66. The van der Waals surface area contributed by atoms with Crippen LogP contribution in [0.4, 0.5) is 15.1 Å². The standard InChI is InChI=1S/C16H20FN5O2/c1-11(12-4-5-14(24-2)13(17)10-12)22-16(23)21-9-8-20-15-18-6-3-7-19-15/h3-7,10-11H,8-9H2,1-2H3,(H,18,19,20)(H2,21,22,23). The molecule has 1 unspecified atom stereocenters. The Bertz CT molecular complexity index is 669. The zero-order valence-electron chi connectivity index (χ0n) is 13.5. The van der Waals surface area contributed by atoms with Gasteiger partial charge in [-0.2, -0.15) is 0 Å². The summed E-state index contributed by atoms with van der Waals surface area (Å²) in [6, 6.07) is 5.63. The molecule has 1 aromatic carbocycles. The largest absolute Gasteiger partial charge is 0.494 e. The maximum absolute atomic E-state index is 13.7. The zero-order valence-corrected chi connectivity index (χ0v) is 13.5. The number of rotatable bonds is 7. The van der Waals surface area contributed by atoms with E-state index in [4.69, 9.17) is 4.74 Å². The Balaban J connectivity index is 1.74. The maximum atomic E-state index is 13.7. The molecule has 0 saturated heterocycles. The number of nitrogens with zero attached hydrogens (tertiary/aromatic N) is 2. The lowest BCUT2D eigenvalue weighted by Crippen LogP contribution is -2.39. The molecule has 0 aliphatic rings. The summed E-state index contributed by atoms with van der Waals surface area (Å²) in [7, 11) is 1.40. The molecular weight excluding hydrogens is 313 g/mol. The number of aromatic nitrogens is 2. The molecule has 24 heavy (non-hydrogen) atoms. The normalized spacial score (nSPS) is 11.5. The van der Waals surface area contributed by atoms with Gasteiger partial charge in [0.15, 0.2) is 11.6 Å². The number of ether oxygens (including phenoxy) is 1. The monoisotopic (exact) mass is 333 g/mol. The Hall–Kier alpha value is -2.90. The Kier molecular flexibility index (Phi) is 6.30. The van der Waals surface area contributed by atoms with E-state index in [1.807, 2.05) is 0 Å². The van der Waals surface area contributed by atoms with Gasteiger partial charge in [-0.25, -0.2) is 19.2 Å². The van der Waals surface area contributed by atoms with E-state index in [9.17, 15) is 9.18 Å². The molecule has 2 aromatic rings. The first kappa shape index (κ1) is 17.5. The molecule has 128 valence electrons. The molecule has 7 nitrogen and oxygen atoms in total. The molecule has 3 N–H and O–H groups in total. The van der Waals surface area contributed by atoms with E-state index in [0.717, 1.165) is 0 Å². The van der Waals surface area contributed by atoms with E-state index in [1.54, 1.807) is 31.5 Å². The van der Waals surface area contributed by atoms with Crippen LogP contribution in [0.2, 0.25) is 0 Å². The van der Waals surface area contributed by atoms with Gasteiger partial charge in [-0.1, -0.05) is 6.07 Å². The molecule has 2 rings (SSSR count). The van der Waals surface area contributed by atoms with Gasteiger partial charge in [0.25, 0.3) is 0 Å². The quantitative estimate of drug-likeness (QED) is 0.675. The van der Waals surface area contributed by atoms with E-state index in [-0.39, 0.29) is 17.8 Å². The SMILES string of the molecule is COc1ccc(C(C)NC(=O)NCCNc2ncccn2)cc1F. The van der Waals surface area contributed by atoms with E-state index < -0.39 is 5.82 Å². The third-order valence-corrected chi connectivity index (χ3v) is 3.28. The lowest BCUT2D eigenvalue weighted by molar-refractivity contribution is 0.238.